The molecular weight excluding hydrogens is 160 g/mol. The van der Waals surface area contributed by atoms with Crippen LogP contribution in [-0.2, 0) is 9.53 Å². The van der Waals surface area contributed by atoms with Crippen LogP contribution in [0.3, 0.4) is 0 Å². The van der Waals surface area contributed by atoms with Gasteiger partial charge < -0.3 is 14.9 Å². The number of cyclic esters (lactones) is 1. The first-order valence-electron chi connectivity index (χ1n) is 3.69. The number of rotatable bonds is 0. The Morgan fingerprint density at radius 1 is 1.83 bits per heavy atom. The molecule has 1 aliphatic rings. The molecule has 2 N–H and O–H groups in total. The van der Waals surface area contributed by atoms with E-state index in [9.17, 15) is 9.90 Å². The average Bonchev–Trinajstić information content (AvgIpc) is 2.30. The van der Waals surface area contributed by atoms with Gasteiger partial charge in [0.2, 0.25) is 0 Å². The minimum Gasteiger partial charge on any atom is -0.460 e. The topological polar surface area (TPSA) is 66.8 Å². The van der Waals surface area contributed by atoms with Crippen LogP contribution in [0.15, 0.2) is 0 Å². The number of carbonyl (C=O) groups excluding carboxylic acids is 1. The summed E-state index contributed by atoms with van der Waals surface area (Å²) in [6, 6.07) is 0. The maximum Gasteiger partial charge on any atom is 0.354 e. The number of aliphatic hydroxyl groups excluding tert-OH is 1. The Kier molecular flexibility index (Phi) is 2.36. The third kappa shape index (κ3) is 1.29. The summed E-state index contributed by atoms with van der Waals surface area (Å²) >= 11 is 0. The molecule has 1 fully saturated rings. The normalized spacial score (nSPS) is 33.9. The van der Waals surface area contributed by atoms with E-state index in [1.54, 1.807) is 6.92 Å². The second-order valence-corrected chi connectivity index (χ2v) is 2.54. The van der Waals surface area contributed by atoms with E-state index in [0.29, 0.717) is 6.42 Å². The van der Waals surface area contributed by atoms with Crippen LogP contribution in [0.4, 0.5) is 0 Å². The molecule has 0 saturated carbocycles. The monoisotopic (exact) mass is 170 g/mol. The molecule has 0 radical (unpaired) electrons. The lowest BCUT2D eigenvalue weighted by molar-refractivity contribution is -0.150. The van der Waals surface area contributed by atoms with Gasteiger partial charge in [-0.3, -0.25) is 0 Å². The van der Waals surface area contributed by atoms with Crippen LogP contribution in [0.5, 0.6) is 0 Å². The van der Waals surface area contributed by atoms with Gasteiger partial charge in [-0.25, -0.2) is 4.79 Å². The van der Waals surface area contributed by atoms with Gasteiger partial charge in [-0.05, 0) is 0 Å². The Labute approximate surface area is 70.2 Å². The van der Waals surface area contributed by atoms with Crippen molar-refractivity contribution in [2.24, 2.45) is 0 Å². The molecule has 1 heterocycles. The molecule has 4 heteroatoms. The van der Waals surface area contributed by atoms with E-state index in [0.717, 1.165) is 0 Å². The summed E-state index contributed by atoms with van der Waals surface area (Å²) in [6.07, 6.45) is -0.716. The van der Waals surface area contributed by atoms with Crippen molar-refractivity contribution >= 4 is 5.97 Å². The zero-order chi connectivity index (χ0) is 9.19. The first-order chi connectivity index (χ1) is 5.61. The lowest BCUT2D eigenvalue weighted by Gasteiger charge is -2.13. The Morgan fingerprint density at radius 2 is 2.50 bits per heavy atom. The van der Waals surface area contributed by atoms with Crippen LogP contribution >= 0.6 is 0 Å². The molecule has 0 aliphatic carbocycles. The van der Waals surface area contributed by atoms with Gasteiger partial charge in [-0.2, -0.15) is 0 Å². The van der Waals surface area contributed by atoms with Crippen LogP contribution in [0.25, 0.3) is 0 Å². The van der Waals surface area contributed by atoms with Gasteiger partial charge in [0, 0.05) is 6.42 Å². The molecule has 1 saturated heterocycles. The molecule has 12 heavy (non-hydrogen) atoms. The largest absolute Gasteiger partial charge is 0.460 e. The van der Waals surface area contributed by atoms with Gasteiger partial charge in [0.15, 0.2) is 0 Å². The zero-order valence-electron chi connectivity index (χ0n) is 6.70. The highest BCUT2D eigenvalue weighted by molar-refractivity contribution is 5.86. The van der Waals surface area contributed by atoms with Crippen LogP contribution in [0.2, 0.25) is 0 Å². The highest BCUT2D eigenvalue weighted by Crippen LogP contribution is 2.19. The molecule has 1 aliphatic heterocycles. The first-order valence-corrected chi connectivity index (χ1v) is 3.69. The van der Waals surface area contributed by atoms with Crippen molar-refractivity contribution in [2.75, 3.05) is 6.61 Å². The molecular formula is C8H10O4. The van der Waals surface area contributed by atoms with Gasteiger partial charge in [-0.15, -0.1) is 0 Å². The van der Waals surface area contributed by atoms with Crippen molar-refractivity contribution in [1.29, 1.82) is 0 Å². The predicted octanol–water partition coefficient (Wildman–Crippen LogP) is -0.951. The zero-order valence-corrected chi connectivity index (χ0v) is 6.70. The summed E-state index contributed by atoms with van der Waals surface area (Å²) in [6.45, 7) is 1.59. The van der Waals surface area contributed by atoms with E-state index in [2.05, 4.69) is 16.6 Å². The van der Waals surface area contributed by atoms with E-state index in [1.165, 1.54) is 0 Å². The fraction of sp³-hybridized carbons (Fsp3) is 0.625. The molecule has 0 bridgehead atoms. The minimum absolute atomic E-state index is 0.187. The Morgan fingerprint density at radius 3 is 2.92 bits per heavy atom. The van der Waals surface area contributed by atoms with Crippen molar-refractivity contribution in [3.63, 3.8) is 0 Å². The number of aliphatic hydroxyl groups is 2. The van der Waals surface area contributed by atoms with E-state index in [4.69, 9.17) is 5.11 Å². The van der Waals surface area contributed by atoms with Crippen LogP contribution in [-0.4, -0.2) is 34.5 Å². The Balaban J connectivity index is 2.87. The molecule has 4 nitrogen and oxygen atoms in total. The quantitative estimate of drug-likeness (QED) is 0.363. The van der Waals surface area contributed by atoms with Crippen molar-refractivity contribution in [2.45, 2.75) is 25.0 Å². The summed E-state index contributed by atoms with van der Waals surface area (Å²) in [5, 5.41) is 18.6. The van der Waals surface area contributed by atoms with E-state index in [-0.39, 0.29) is 6.61 Å². The molecule has 0 aromatic carbocycles. The van der Waals surface area contributed by atoms with Gasteiger partial charge in [0.25, 0.3) is 5.60 Å². The number of hydrogen-bond acceptors (Lipinski definition) is 4. The fourth-order valence-electron chi connectivity index (χ4n) is 0.879. The van der Waals surface area contributed by atoms with E-state index >= 15 is 0 Å². The van der Waals surface area contributed by atoms with Crippen molar-refractivity contribution in [3.05, 3.63) is 0 Å². The number of hydrogen-bond donors (Lipinski definition) is 2. The standard InChI is InChI=1S/C8H10O4/c1-2-3-4-8(11)6(9)5-12-7(8)10/h6,9,11H,2,5H2,1H3. The molecule has 0 spiro atoms. The van der Waals surface area contributed by atoms with Crippen molar-refractivity contribution < 1.29 is 19.7 Å². The molecule has 66 valence electrons. The summed E-state index contributed by atoms with van der Waals surface area (Å²) < 4.78 is 4.44. The molecule has 1 rings (SSSR count). The van der Waals surface area contributed by atoms with E-state index in [1.807, 2.05) is 0 Å². The summed E-state index contributed by atoms with van der Waals surface area (Å²) in [5.41, 5.74) is -2.00. The second kappa shape index (κ2) is 3.13. The summed E-state index contributed by atoms with van der Waals surface area (Å²) in [5.74, 6) is 3.95. The Bertz CT molecular complexity index is 250. The van der Waals surface area contributed by atoms with Crippen LogP contribution in [0.1, 0.15) is 13.3 Å². The lowest BCUT2D eigenvalue weighted by atomic mass is 10.0. The molecule has 0 amide bonds. The predicted molar refractivity (Wildman–Crippen MR) is 40.0 cm³/mol. The maximum absolute atomic E-state index is 10.9. The smallest absolute Gasteiger partial charge is 0.354 e. The molecule has 0 aromatic heterocycles. The second-order valence-electron chi connectivity index (χ2n) is 2.54. The molecule has 2 unspecified atom stereocenters. The van der Waals surface area contributed by atoms with Crippen molar-refractivity contribution in [1.82, 2.24) is 0 Å². The highest BCUT2D eigenvalue weighted by atomic mass is 16.6. The molecule has 0 aromatic rings. The average molecular weight is 170 g/mol. The number of ether oxygens (including phenoxy) is 1. The Hall–Kier alpha value is -1.05. The minimum atomic E-state index is -2.00. The third-order valence-electron chi connectivity index (χ3n) is 1.62. The van der Waals surface area contributed by atoms with Crippen LogP contribution < -0.4 is 0 Å². The molecule has 2 atom stereocenters. The first kappa shape index (κ1) is 9.04. The highest BCUT2D eigenvalue weighted by Gasteiger charge is 2.49. The maximum atomic E-state index is 10.9. The number of carbonyl (C=O) groups is 1. The van der Waals surface area contributed by atoms with Crippen molar-refractivity contribution in [3.8, 4) is 11.8 Å². The third-order valence-corrected chi connectivity index (χ3v) is 1.62. The van der Waals surface area contributed by atoms with Gasteiger partial charge in [0.1, 0.15) is 12.7 Å². The fourth-order valence-corrected chi connectivity index (χ4v) is 0.879. The summed E-state index contributed by atoms with van der Waals surface area (Å²) in [7, 11) is 0. The van der Waals surface area contributed by atoms with Gasteiger partial charge in [0.05, 0.1) is 0 Å². The SMILES string of the molecule is CCC#CC1(O)C(=O)OCC1O. The van der Waals surface area contributed by atoms with Crippen LogP contribution in [0, 0.1) is 11.8 Å². The summed E-state index contributed by atoms with van der Waals surface area (Å²) in [4.78, 5) is 10.9. The van der Waals surface area contributed by atoms with E-state index < -0.39 is 17.7 Å². The van der Waals surface area contributed by atoms with Gasteiger partial charge in [-0.1, -0.05) is 18.8 Å². The van der Waals surface area contributed by atoms with Gasteiger partial charge >= 0.3 is 5.97 Å². The number of esters is 1. The lowest BCUT2D eigenvalue weighted by Crippen LogP contribution is -2.42.